The zero-order chi connectivity index (χ0) is 13.7. The minimum Gasteiger partial charge on any atom is -0.299 e. The molecule has 0 N–H and O–H groups in total. The smallest absolute Gasteiger partial charge is 0.137 e. The van der Waals surface area contributed by atoms with Gasteiger partial charge in [0.15, 0.2) is 0 Å². The number of benzene rings is 2. The second-order valence-electron chi connectivity index (χ2n) is 5.13. The molecule has 2 aromatic rings. The maximum Gasteiger partial charge on any atom is 0.137 e. The first-order valence-electron chi connectivity index (χ1n) is 6.77. The Morgan fingerprint density at radius 3 is 2.32 bits per heavy atom. The highest BCUT2D eigenvalue weighted by Gasteiger charge is 2.05. The third-order valence-corrected chi connectivity index (χ3v) is 3.46. The third kappa shape index (κ3) is 4.06. The molecular formula is C18H20O. The highest BCUT2D eigenvalue weighted by Crippen LogP contribution is 2.11. The second kappa shape index (κ2) is 6.33. The molecule has 19 heavy (non-hydrogen) atoms. The van der Waals surface area contributed by atoms with Gasteiger partial charge < -0.3 is 0 Å². The topological polar surface area (TPSA) is 17.1 Å². The van der Waals surface area contributed by atoms with Gasteiger partial charge in [-0.1, -0.05) is 54.1 Å². The molecule has 0 atom stereocenters. The van der Waals surface area contributed by atoms with Crippen LogP contribution in [-0.4, -0.2) is 5.78 Å². The van der Waals surface area contributed by atoms with Crippen molar-refractivity contribution in [3.05, 3.63) is 70.8 Å². The van der Waals surface area contributed by atoms with E-state index in [-0.39, 0.29) is 0 Å². The van der Waals surface area contributed by atoms with Crippen LogP contribution in [0.1, 0.15) is 28.7 Å². The molecule has 2 rings (SSSR count). The Hall–Kier alpha value is -1.89. The van der Waals surface area contributed by atoms with Gasteiger partial charge in [0.05, 0.1) is 0 Å². The molecule has 0 unspecified atom stereocenters. The average molecular weight is 252 g/mol. The lowest BCUT2D eigenvalue weighted by molar-refractivity contribution is -0.118. The van der Waals surface area contributed by atoms with Crippen molar-refractivity contribution < 1.29 is 4.79 Å². The van der Waals surface area contributed by atoms with E-state index in [4.69, 9.17) is 0 Å². The van der Waals surface area contributed by atoms with E-state index in [2.05, 4.69) is 38.1 Å². The Bertz CT molecular complexity index is 552. The lowest BCUT2D eigenvalue weighted by Gasteiger charge is -2.05. The fraction of sp³-hybridized carbons (Fsp3) is 0.278. The zero-order valence-corrected chi connectivity index (χ0v) is 11.6. The molecule has 2 aromatic carbocycles. The normalized spacial score (nSPS) is 10.4. The van der Waals surface area contributed by atoms with Crippen molar-refractivity contribution in [2.75, 3.05) is 0 Å². The summed E-state index contributed by atoms with van der Waals surface area (Å²) in [7, 11) is 0. The van der Waals surface area contributed by atoms with E-state index in [9.17, 15) is 4.79 Å². The summed E-state index contributed by atoms with van der Waals surface area (Å²) in [4.78, 5) is 12.0. The largest absolute Gasteiger partial charge is 0.299 e. The van der Waals surface area contributed by atoms with Crippen molar-refractivity contribution in [3.8, 4) is 0 Å². The first-order valence-corrected chi connectivity index (χ1v) is 6.77. The van der Waals surface area contributed by atoms with Crippen molar-refractivity contribution in [1.29, 1.82) is 0 Å². The Kier molecular flexibility index (Phi) is 4.51. The highest BCUT2D eigenvalue weighted by molar-refractivity contribution is 5.81. The van der Waals surface area contributed by atoms with Gasteiger partial charge in [0.2, 0.25) is 0 Å². The Morgan fingerprint density at radius 2 is 1.63 bits per heavy atom. The molecule has 1 nitrogen and oxygen atoms in total. The van der Waals surface area contributed by atoms with Crippen molar-refractivity contribution in [2.45, 2.75) is 33.1 Å². The minimum atomic E-state index is 0.312. The van der Waals surface area contributed by atoms with Crippen LogP contribution in [0.2, 0.25) is 0 Å². The summed E-state index contributed by atoms with van der Waals surface area (Å²) >= 11 is 0. The maximum absolute atomic E-state index is 12.0. The number of hydrogen-bond acceptors (Lipinski definition) is 1. The van der Waals surface area contributed by atoms with Crippen LogP contribution in [0.15, 0.2) is 48.5 Å². The Labute approximate surface area is 115 Å². The highest BCUT2D eigenvalue weighted by atomic mass is 16.1. The summed E-state index contributed by atoms with van der Waals surface area (Å²) in [5, 5.41) is 0. The molecule has 0 fully saturated rings. The van der Waals surface area contributed by atoms with E-state index in [0.29, 0.717) is 18.6 Å². The SMILES string of the molecule is Cc1ccc(CC(=O)CCc2ccccc2C)cc1. The number of aryl methyl sites for hydroxylation is 3. The molecule has 0 amide bonds. The van der Waals surface area contributed by atoms with Crippen LogP contribution in [0, 0.1) is 13.8 Å². The lowest BCUT2D eigenvalue weighted by Crippen LogP contribution is -2.05. The molecule has 0 bridgehead atoms. The van der Waals surface area contributed by atoms with Gasteiger partial charge in [-0.2, -0.15) is 0 Å². The molecule has 98 valence electrons. The van der Waals surface area contributed by atoms with E-state index in [1.54, 1.807) is 0 Å². The van der Waals surface area contributed by atoms with Crippen molar-refractivity contribution in [2.24, 2.45) is 0 Å². The Morgan fingerprint density at radius 1 is 0.947 bits per heavy atom. The predicted octanol–water partition coefficient (Wildman–Crippen LogP) is 4.05. The van der Waals surface area contributed by atoms with E-state index < -0.39 is 0 Å². The van der Waals surface area contributed by atoms with Crippen LogP contribution in [0.4, 0.5) is 0 Å². The number of hydrogen-bond donors (Lipinski definition) is 0. The molecular weight excluding hydrogens is 232 g/mol. The molecule has 0 aliphatic carbocycles. The predicted molar refractivity (Wildman–Crippen MR) is 79.4 cm³/mol. The number of rotatable bonds is 5. The van der Waals surface area contributed by atoms with E-state index >= 15 is 0 Å². The summed E-state index contributed by atoms with van der Waals surface area (Å²) in [5.41, 5.74) is 4.89. The third-order valence-electron chi connectivity index (χ3n) is 3.46. The molecule has 0 spiro atoms. The van der Waals surface area contributed by atoms with Crippen LogP contribution in [0.3, 0.4) is 0 Å². The van der Waals surface area contributed by atoms with Crippen LogP contribution in [0.5, 0.6) is 0 Å². The Balaban J connectivity index is 1.88. The number of carbonyl (C=O) groups is 1. The lowest BCUT2D eigenvalue weighted by atomic mass is 9.99. The number of carbonyl (C=O) groups excluding carboxylic acids is 1. The van der Waals surface area contributed by atoms with Gasteiger partial charge >= 0.3 is 0 Å². The molecule has 0 aromatic heterocycles. The summed E-state index contributed by atoms with van der Waals surface area (Å²) in [6, 6.07) is 16.5. The molecule has 0 aliphatic rings. The van der Waals surface area contributed by atoms with Crippen LogP contribution < -0.4 is 0 Å². The molecule has 0 saturated heterocycles. The van der Waals surface area contributed by atoms with Crippen molar-refractivity contribution in [1.82, 2.24) is 0 Å². The van der Waals surface area contributed by atoms with Crippen LogP contribution >= 0.6 is 0 Å². The molecule has 0 aliphatic heterocycles. The molecule has 0 saturated carbocycles. The van der Waals surface area contributed by atoms with Gasteiger partial charge in [-0.3, -0.25) is 4.79 Å². The standard InChI is InChI=1S/C18H20O/c1-14-7-9-16(10-8-14)13-18(19)12-11-17-6-4-3-5-15(17)2/h3-10H,11-13H2,1-2H3. The van der Waals surface area contributed by atoms with Gasteiger partial charge in [0.25, 0.3) is 0 Å². The first kappa shape index (κ1) is 13.5. The van der Waals surface area contributed by atoms with Crippen LogP contribution in [0.25, 0.3) is 0 Å². The van der Waals surface area contributed by atoms with Gasteiger partial charge in [-0.05, 0) is 37.0 Å². The van der Waals surface area contributed by atoms with Gasteiger partial charge in [0, 0.05) is 12.8 Å². The van der Waals surface area contributed by atoms with Gasteiger partial charge in [-0.15, -0.1) is 0 Å². The molecule has 1 heteroatoms. The summed E-state index contributed by atoms with van der Waals surface area (Å²) in [6.45, 7) is 4.16. The summed E-state index contributed by atoms with van der Waals surface area (Å²) < 4.78 is 0. The monoisotopic (exact) mass is 252 g/mol. The molecule has 0 radical (unpaired) electrons. The second-order valence-corrected chi connectivity index (χ2v) is 5.13. The number of Topliss-reactive ketones (excluding diaryl/α,β-unsaturated/α-hetero) is 1. The van der Waals surface area contributed by atoms with Crippen molar-refractivity contribution in [3.63, 3.8) is 0 Å². The maximum atomic E-state index is 12.0. The average Bonchev–Trinajstić information content (AvgIpc) is 2.40. The van der Waals surface area contributed by atoms with E-state index in [0.717, 1.165) is 12.0 Å². The molecule has 0 heterocycles. The van der Waals surface area contributed by atoms with Gasteiger partial charge in [-0.25, -0.2) is 0 Å². The zero-order valence-electron chi connectivity index (χ0n) is 11.6. The van der Waals surface area contributed by atoms with E-state index in [1.807, 2.05) is 24.3 Å². The summed E-state index contributed by atoms with van der Waals surface area (Å²) in [5.74, 6) is 0.312. The minimum absolute atomic E-state index is 0.312. The first-order chi connectivity index (χ1) is 9.15. The fourth-order valence-corrected chi connectivity index (χ4v) is 2.19. The summed E-state index contributed by atoms with van der Waals surface area (Å²) in [6.07, 6.45) is 2.02. The quantitative estimate of drug-likeness (QED) is 0.784. The fourth-order valence-electron chi connectivity index (χ4n) is 2.19. The number of ketones is 1. The van der Waals surface area contributed by atoms with Crippen molar-refractivity contribution >= 4 is 5.78 Å². The van der Waals surface area contributed by atoms with E-state index in [1.165, 1.54) is 16.7 Å². The van der Waals surface area contributed by atoms with Crippen LogP contribution in [-0.2, 0) is 17.6 Å². The van der Waals surface area contributed by atoms with Gasteiger partial charge in [0.1, 0.15) is 5.78 Å².